The molecule has 4 rings (SSSR count). The van der Waals surface area contributed by atoms with Crippen molar-refractivity contribution in [1.29, 1.82) is 0 Å². The van der Waals surface area contributed by atoms with Crippen molar-refractivity contribution in [1.82, 2.24) is 10.2 Å². The predicted octanol–water partition coefficient (Wildman–Crippen LogP) is 2.52. The summed E-state index contributed by atoms with van der Waals surface area (Å²) in [7, 11) is 1.53. The van der Waals surface area contributed by atoms with Crippen molar-refractivity contribution in [2.45, 2.75) is 6.54 Å². The number of ether oxygens (including phenoxy) is 3. The molecule has 132 valence electrons. The third kappa shape index (κ3) is 2.83. The lowest BCUT2D eigenvalue weighted by Gasteiger charge is -2.11. The SMILES string of the molecule is COc1cc(/C=C2/NC(=O)N(Cc3ccccc3)C2=O)cc2c1OCO2. The number of hydrogen-bond acceptors (Lipinski definition) is 5. The molecule has 0 unspecified atom stereocenters. The maximum absolute atomic E-state index is 12.6. The van der Waals surface area contributed by atoms with Gasteiger partial charge in [0.05, 0.1) is 13.7 Å². The zero-order chi connectivity index (χ0) is 18.1. The number of urea groups is 1. The second-order valence-electron chi connectivity index (χ2n) is 5.82. The van der Waals surface area contributed by atoms with Gasteiger partial charge < -0.3 is 19.5 Å². The van der Waals surface area contributed by atoms with Crippen LogP contribution < -0.4 is 19.5 Å². The molecule has 0 saturated carbocycles. The average molecular weight is 352 g/mol. The van der Waals surface area contributed by atoms with Gasteiger partial charge in [-0.05, 0) is 29.3 Å². The molecule has 0 aromatic heterocycles. The van der Waals surface area contributed by atoms with Crippen molar-refractivity contribution in [3.63, 3.8) is 0 Å². The maximum atomic E-state index is 12.6. The van der Waals surface area contributed by atoms with Gasteiger partial charge in [-0.25, -0.2) is 4.79 Å². The molecular formula is C19H16N2O5. The number of nitrogens with one attached hydrogen (secondary N) is 1. The first-order chi connectivity index (χ1) is 12.7. The van der Waals surface area contributed by atoms with Crippen LogP contribution in [-0.2, 0) is 11.3 Å². The number of benzene rings is 2. The first-order valence-electron chi connectivity index (χ1n) is 8.02. The van der Waals surface area contributed by atoms with Gasteiger partial charge in [0.25, 0.3) is 5.91 Å². The van der Waals surface area contributed by atoms with Crippen LogP contribution >= 0.6 is 0 Å². The maximum Gasteiger partial charge on any atom is 0.329 e. The van der Waals surface area contributed by atoms with Crippen LogP contribution in [0.4, 0.5) is 4.79 Å². The molecule has 2 heterocycles. The molecule has 2 aromatic carbocycles. The highest BCUT2D eigenvalue weighted by Crippen LogP contribution is 2.42. The van der Waals surface area contributed by atoms with Gasteiger partial charge in [0.2, 0.25) is 12.5 Å². The van der Waals surface area contributed by atoms with E-state index >= 15 is 0 Å². The summed E-state index contributed by atoms with van der Waals surface area (Å²) in [6, 6.07) is 12.4. The summed E-state index contributed by atoms with van der Waals surface area (Å²) < 4.78 is 16.0. The summed E-state index contributed by atoms with van der Waals surface area (Å²) in [5, 5.41) is 2.61. The van der Waals surface area contributed by atoms with E-state index in [1.807, 2.05) is 30.3 Å². The molecule has 0 bridgehead atoms. The van der Waals surface area contributed by atoms with Crippen LogP contribution in [0.5, 0.6) is 17.2 Å². The summed E-state index contributed by atoms with van der Waals surface area (Å²) in [5.74, 6) is 1.19. The first kappa shape index (κ1) is 16.0. The monoisotopic (exact) mass is 352 g/mol. The van der Waals surface area contributed by atoms with Crippen LogP contribution in [0.15, 0.2) is 48.2 Å². The van der Waals surface area contributed by atoms with Crippen LogP contribution in [0, 0.1) is 0 Å². The Kier molecular flexibility index (Phi) is 3.96. The Morgan fingerprint density at radius 3 is 2.77 bits per heavy atom. The average Bonchev–Trinajstić information content (AvgIpc) is 3.22. The van der Waals surface area contributed by atoms with E-state index < -0.39 is 6.03 Å². The largest absolute Gasteiger partial charge is 0.493 e. The van der Waals surface area contributed by atoms with Gasteiger partial charge >= 0.3 is 6.03 Å². The van der Waals surface area contributed by atoms with E-state index in [0.29, 0.717) is 22.8 Å². The van der Waals surface area contributed by atoms with E-state index in [2.05, 4.69) is 5.32 Å². The van der Waals surface area contributed by atoms with Crippen molar-refractivity contribution < 1.29 is 23.8 Å². The van der Waals surface area contributed by atoms with E-state index in [1.54, 1.807) is 18.2 Å². The standard InChI is InChI=1S/C19H16N2O5/c1-24-15-8-13(9-16-17(15)26-11-25-16)7-14-18(22)21(19(23)20-14)10-12-5-3-2-4-6-12/h2-9H,10-11H2,1H3,(H,20,23)/b14-7+. The Morgan fingerprint density at radius 2 is 2.00 bits per heavy atom. The van der Waals surface area contributed by atoms with Gasteiger partial charge in [0.15, 0.2) is 11.5 Å². The Labute approximate surface area is 149 Å². The van der Waals surface area contributed by atoms with E-state index in [-0.39, 0.29) is 24.9 Å². The number of imide groups is 1. The number of amides is 3. The molecule has 26 heavy (non-hydrogen) atoms. The van der Waals surface area contributed by atoms with E-state index in [4.69, 9.17) is 14.2 Å². The Bertz CT molecular complexity index is 908. The minimum Gasteiger partial charge on any atom is -0.493 e. The first-order valence-corrected chi connectivity index (χ1v) is 8.02. The number of carbonyl (C=O) groups excluding carboxylic acids is 2. The third-order valence-electron chi connectivity index (χ3n) is 4.14. The molecule has 0 radical (unpaired) electrons. The number of carbonyl (C=O) groups is 2. The summed E-state index contributed by atoms with van der Waals surface area (Å²) >= 11 is 0. The molecule has 2 aliphatic heterocycles. The fraction of sp³-hybridized carbons (Fsp3) is 0.158. The van der Waals surface area contributed by atoms with Gasteiger partial charge in [0, 0.05) is 0 Å². The lowest BCUT2D eigenvalue weighted by molar-refractivity contribution is -0.123. The second kappa shape index (κ2) is 6.44. The Balaban J connectivity index is 1.61. The smallest absolute Gasteiger partial charge is 0.329 e. The zero-order valence-corrected chi connectivity index (χ0v) is 14.0. The molecule has 7 heteroatoms. The minimum atomic E-state index is -0.446. The van der Waals surface area contributed by atoms with Gasteiger partial charge in [-0.15, -0.1) is 0 Å². The summed E-state index contributed by atoms with van der Waals surface area (Å²) in [4.78, 5) is 26.0. The number of nitrogens with zero attached hydrogens (tertiary/aromatic N) is 1. The van der Waals surface area contributed by atoms with Gasteiger partial charge in [-0.1, -0.05) is 30.3 Å². The van der Waals surface area contributed by atoms with Crippen molar-refractivity contribution >= 4 is 18.0 Å². The van der Waals surface area contributed by atoms with Crippen molar-refractivity contribution in [2.75, 3.05) is 13.9 Å². The highest BCUT2D eigenvalue weighted by Gasteiger charge is 2.33. The van der Waals surface area contributed by atoms with E-state index in [1.165, 1.54) is 12.0 Å². The van der Waals surface area contributed by atoms with E-state index in [0.717, 1.165) is 5.56 Å². The van der Waals surface area contributed by atoms with Crippen molar-refractivity contribution in [3.05, 3.63) is 59.3 Å². The normalized spacial score (nSPS) is 17.0. The molecule has 1 saturated heterocycles. The summed E-state index contributed by atoms with van der Waals surface area (Å²) in [5.41, 5.74) is 1.74. The van der Waals surface area contributed by atoms with Crippen LogP contribution in [0.2, 0.25) is 0 Å². The van der Waals surface area contributed by atoms with Crippen molar-refractivity contribution in [2.24, 2.45) is 0 Å². The third-order valence-corrected chi connectivity index (χ3v) is 4.14. The Hall–Kier alpha value is -3.48. The molecule has 2 aliphatic rings. The predicted molar refractivity (Wildman–Crippen MR) is 92.6 cm³/mol. The quantitative estimate of drug-likeness (QED) is 0.676. The zero-order valence-electron chi connectivity index (χ0n) is 14.0. The molecule has 0 atom stereocenters. The highest BCUT2D eigenvalue weighted by molar-refractivity contribution is 6.13. The number of rotatable bonds is 4. The van der Waals surface area contributed by atoms with Crippen LogP contribution in [0.3, 0.4) is 0 Å². The van der Waals surface area contributed by atoms with E-state index in [9.17, 15) is 9.59 Å². The summed E-state index contributed by atoms with van der Waals surface area (Å²) in [6.45, 7) is 0.333. The molecule has 1 N–H and O–H groups in total. The van der Waals surface area contributed by atoms with Gasteiger partial charge in [0.1, 0.15) is 5.70 Å². The lowest BCUT2D eigenvalue weighted by atomic mass is 10.1. The minimum absolute atomic E-state index is 0.117. The van der Waals surface area contributed by atoms with Crippen molar-refractivity contribution in [3.8, 4) is 17.2 Å². The van der Waals surface area contributed by atoms with Crippen LogP contribution in [-0.4, -0.2) is 30.7 Å². The van der Waals surface area contributed by atoms with Gasteiger partial charge in [-0.2, -0.15) is 0 Å². The summed E-state index contributed by atoms with van der Waals surface area (Å²) in [6.07, 6.45) is 1.59. The molecule has 0 aliphatic carbocycles. The molecule has 7 nitrogen and oxygen atoms in total. The molecule has 0 spiro atoms. The van der Waals surface area contributed by atoms with Crippen LogP contribution in [0.25, 0.3) is 6.08 Å². The number of hydrogen-bond donors (Lipinski definition) is 1. The molecule has 3 amide bonds. The highest BCUT2D eigenvalue weighted by atomic mass is 16.7. The topological polar surface area (TPSA) is 77.1 Å². The molecule has 1 fully saturated rings. The number of methoxy groups -OCH3 is 1. The molecule has 2 aromatic rings. The number of fused-ring (bicyclic) bond motifs is 1. The fourth-order valence-corrected chi connectivity index (χ4v) is 2.88. The fourth-order valence-electron chi connectivity index (χ4n) is 2.88. The van der Waals surface area contributed by atoms with Gasteiger partial charge in [-0.3, -0.25) is 9.69 Å². The second-order valence-corrected chi connectivity index (χ2v) is 5.82. The van der Waals surface area contributed by atoms with Crippen LogP contribution in [0.1, 0.15) is 11.1 Å². The lowest BCUT2D eigenvalue weighted by Crippen LogP contribution is -2.30. The Morgan fingerprint density at radius 1 is 1.19 bits per heavy atom. The molecular weight excluding hydrogens is 336 g/mol.